The summed E-state index contributed by atoms with van der Waals surface area (Å²) < 4.78 is 0. The predicted octanol–water partition coefficient (Wildman–Crippen LogP) is 0.247. The van der Waals surface area contributed by atoms with Gasteiger partial charge in [0.15, 0.2) is 0 Å². The molecule has 0 spiro atoms. The molecule has 1 atom stereocenters. The first-order chi connectivity index (χ1) is 7.68. The molecule has 2 rings (SSSR count). The van der Waals surface area contributed by atoms with Gasteiger partial charge in [0.1, 0.15) is 6.04 Å². The van der Waals surface area contributed by atoms with Crippen LogP contribution in [0.1, 0.15) is 10.4 Å². The molecule has 16 heavy (non-hydrogen) atoms. The van der Waals surface area contributed by atoms with E-state index in [1.165, 1.54) is 11.3 Å². The van der Waals surface area contributed by atoms with E-state index in [-0.39, 0.29) is 12.5 Å². The van der Waals surface area contributed by atoms with E-state index in [4.69, 9.17) is 5.11 Å². The van der Waals surface area contributed by atoms with Crippen LogP contribution in [-0.4, -0.2) is 47.6 Å². The number of piperazine rings is 1. The first-order valence-electron chi connectivity index (χ1n) is 4.96. The van der Waals surface area contributed by atoms with E-state index < -0.39 is 12.0 Å². The summed E-state index contributed by atoms with van der Waals surface area (Å²) in [6.07, 6.45) is 0. The molecule has 0 unspecified atom stereocenters. The van der Waals surface area contributed by atoms with Crippen LogP contribution in [-0.2, 0) is 4.79 Å². The number of carboxylic acid groups (broad SMARTS) is 1. The molecule has 2 N–H and O–H groups in total. The second kappa shape index (κ2) is 4.63. The van der Waals surface area contributed by atoms with Gasteiger partial charge in [-0.3, -0.25) is 9.59 Å². The number of hydrogen-bond donors (Lipinski definition) is 2. The summed E-state index contributed by atoms with van der Waals surface area (Å²) in [7, 11) is 0. The molecule has 6 heteroatoms. The number of nitrogens with zero attached hydrogens (tertiary/aromatic N) is 1. The van der Waals surface area contributed by atoms with Crippen LogP contribution in [0.15, 0.2) is 16.8 Å². The molecule has 2 heterocycles. The number of aliphatic carboxylic acids is 1. The Kier molecular flexibility index (Phi) is 3.21. The van der Waals surface area contributed by atoms with Crippen molar-refractivity contribution in [1.29, 1.82) is 0 Å². The maximum Gasteiger partial charge on any atom is 0.322 e. The van der Waals surface area contributed by atoms with Gasteiger partial charge in [0.2, 0.25) is 0 Å². The summed E-state index contributed by atoms with van der Waals surface area (Å²) in [5.41, 5.74) is 0.635. The minimum absolute atomic E-state index is 0.0889. The third-order valence-corrected chi connectivity index (χ3v) is 3.21. The first-order valence-corrected chi connectivity index (χ1v) is 5.90. The minimum Gasteiger partial charge on any atom is -0.480 e. The fourth-order valence-corrected chi connectivity index (χ4v) is 2.30. The van der Waals surface area contributed by atoms with Crippen LogP contribution in [0.4, 0.5) is 0 Å². The third kappa shape index (κ3) is 2.23. The lowest BCUT2D eigenvalue weighted by Gasteiger charge is -2.31. The maximum atomic E-state index is 11.9. The lowest BCUT2D eigenvalue weighted by atomic mass is 10.2. The highest BCUT2D eigenvalue weighted by atomic mass is 32.1. The second-order valence-corrected chi connectivity index (χ2v) is 4.39. The smallest absolute Gasteiger partial charge is 0.322 e. The van der Waals surface area contributed by atoms with E-state index >= 15 is 0 Å². The second-order valence-electron chi connectivity index (χ2n) is 3.61. The molecule has 1 aliphatic heterocycles. The van der Waals surface area contributed by atoms with Crippen molar-refractivity contribution in [1.82, 2.24) is 10.2 Å². The van der Waals surface area contributed by atoms with E-state index in [9.17, 15) is 9.59 Å². The van der Waals surface area contributed by atoms with Crippen molar-refractivity contribution in [2.24, 2.45) is 0 Å². The van der Waals surface area contributed by atoms with Crippen LogP contribution in [0, 0.1) is 0 Å². The summed E-state index contributed by atoms with van der Waals surface area (Å²) in [5.74, 6) is -1.00. The number of hydrogen-bond acceptors (Lipinski definition) is 4. The van der Waals surface area contributed by atoms with Crippen molar-refractivity contribution in [3.8, 4) is 0 Å². The highest BCUT2D eigenvalue weighted by Gasteiger charge is 2.28. The Bertz CT molecular complexity index is 391. The van der Waals surface area contributed by atoms with Crippen molar-refractivity contribution in [3.63, 3.8) is 0 Å². The van der Waals surface area contributed by atoms with Gasteiger partial charge >= 0.3 is 5.97 Å². The molecule has 0 saturated carbocycles. The number of rotatable bonds is 2. The number of carboxylic acids is 1. The van der Waals surface area contributed by atoms with Gasteiger partial charge in [-0.05, 0) is 11.4 Å². The van der Waals surface area contributed by atoms with Gasteiger partial charge < -0.3 is 15.3 Å². The van der Waals surface area contributed by atoms with Crippen LogP contribution in [0.5, 0.6) is 0 Å². The molecule has 1 aromatic heterocycles. The average Bonchev–Trinajstić information content (AvgIpc) is 2.81. The minimum atomic E-state index is -0.914. The van der Waals surface area contributed by atoms with E-state index in [0.29, 0.717) is 18.7 Å². The Morgan fingerprint density at radius 2 is 2.38 bits per heavy atom. The van der Waals surface area contributed by atoms with Crippen molar-refractivity contribution >= 4 is 23.2 Å². The highest BCUT2D eigenvalue weighted by Crippen LogP contribution is 2.11. The van der Waals surface area contributed by atoms with Gasteiger partial charge in [0.25, 0.3) is 5.91 Å². The lowest BCUT2D eigenvalue weighted by Crippen LogP contribution is -2.55. The number of thiophene rings is 1. The van der Waals surface area contributed by atoms with Gasteiger partial charge in [-0.15, -0.1) is 0 Å². The summed E-state index contributed by atoms with van der Waals surface area (Å²) in [6.45, 7) is 1.30. The Balaban J connectivity index is 2.05. The van der Waals surface area contributed by atoms with E-state index in [0.717, 1.165) is 0 Å². The predicted molar refractivity (Wildman–Crippen MR) is 59.6 cm³/mol. The third-order valence-electron chi connectivity index (χ3n) is 2.53. The molecule has 1 amide bonds. The first kappa shape index (κ1) is 11.1. The number of carbonyl (C=O) groups excluding carboxylic acids is 1. The SMILES string of the molecule is O=C(O)[C@H]1CN(C(=O)c2ccsc2)CCN1. The molecular weight excluding hydrogens is 228 g/mol. The van der Waals surface area contributed by atoms with Gasteiger partial charge in [0.05, 0.1) is 5.56 Å². The van der Waals surface area contributed by atoms with Crippen LogP contribution >= 0.6 is 11.3 Å². The van der Waals surface area contributed by atoms with Gasteiger partial charge in [-0.1, -0.05) is 0 Å². The van der Waals surface area contributed by atoms with E-state index in [1.807, 2.05) is 5.38 Å². The van der Waals surface area contributed by atoms with Crippen LogP contribution < -0.4 is 5.32 Å². The normalized spacial score (nSPS) is 20.8. The molecule has 5 nitrogen and oxygen atoms in total. The zero-order valence-corrected chi connectivity index (χ0v) is 9.37. The molecule has 1 aliphatic rings. The Morgan fingerprint density at radius 1 is 1.56 bits per heavy atom. The van der Waals surface area contributed by atoms with Gasteiger partial charge in [0, 0.05) is 25.0 Å². The van der Waals surface area contributed by atoms with E-state index in [2.05, 4.69) is 5.32 Å². The standard InChI is InChI=1S/C10H12N2O3S/c13-9(7-1-4-16-6-7)12-3-2-11-8(5-12)10(14)15/h1,4,6,8,11H,2-3,5H2,(H,14,15)/t8-/m1/s1. The van der Waals surface area contributed by atoms with Gasteiger partial charge in [-0.25, -0.2) is 0 Å². The number of carbonyl (C=O) groups is 2. The van der Waals surface area contributed by atoms with Crippen molar-refractivity contribution in [2.45, 2.75) is 6.04 Å². The fourth-order valence-electron chi connectivity index (χ4n) is 1.67. The Morgan fingerprint density at radius 3 is 3.00 bits per heavy atom. The van der Waals surface area contributed by atoms with Crippen molar-refractivity contribution in [3.05, 3.63) is 22.4 Å². The molecule has 0 aromatic carbocycles. The molecule has 1 aromatic rings. The van der Waals surface area contributed by atoms with Crippen LogP contribution in [0.25, 0.3) is 0 Å². The zero-order chi connectivity index (χ0) is 11.5. The summed E-state index contributed by atoms with van der Waals surface area (Å²) in [4.78, 5) is 24.3. The molecule has 86 valence electrons. The highest BCUT2D eigenvalue weighted by molar-refractivity contribution is 7.08. The Labute approximate surface area is 96.7 Å². The maximum absolute atomic E-state index is 11.9. The van der Waals surface area contributed by atoms with Crippen LogP contribution in [0.2, 0.25) is 0 Å². The number of amides is 1. The topological polar surface area (TPSA) is 69.6 Å². The largest absolute Gasteiger partial charge is 0.480 e. The van der Waals surface area contributed by atoms with Gasteiger partial charge in [-0.2, -0.15) is 11.3 Å². The van der Waals surface area contributed by atoms with Crippen LogP contribution in [0.3, 0.4) is 0 Å². The average molecular weight is 240 g/mol. The van der Waals surface area contributed by atoms with Crippen molar-refractivity contribution < 1.29 is 14.7 Å². The summed E-state index contributed by atoms with van der Waals surface area (Å²) >= 11 is 1.46. The summed E-state index contributed by atoms with van der Waals surface area (Å²) in [5, 5.41) is 15.3. The molecule has 0 aliphatic carbocycles. The zero-order valence-electron chi connectivity index (χ0n) is 8.55. The molecule has 0 radical (unpaired) electrons. The molecule has 1 saturated heterocycles. The monoisotopic (exact) mass is 240 g/mol. The molecule has 1 fully saturated rings. The Hall–Kier alpha value is -1.40. The quantitative estimate of drug-likeness (QED) is 0.777. The fraction of sp³-hybridized carbons (Fsp3) is 0.400. The van der Waals surface area contributed by atoms with Crippen molar-refractivity contribution in [2.75, 3.05) is 19.6 Å². The van der Waals surface area contributed by atoms with E-state index in [1.54, 1.807) is 16.3 Å². The number of nitrogens with one attached hydrogen (secondary N) is 1. The lowest BCUT2D eigenvalue weighted by molar-refractivity contribution is -0.140. The molecular formula is C10H12N2O3S. The summed E-state index contributed by atoms with van der Waals surface area (Å²) in [6, 6.07) is 1.10. The molecule has 0 bridgehead atoms.